The monoisotopic (exact) mass is 541 g/mol. The lowest BCUT2D eigenvalue weighted by Crippen LogP contribution is -2.55. The standard InChI is InChI=1S/C36H47NO3/c1-3-19-38-21-22-39-20-18-37-31-11-10-29-24-30-14-15-34(2)32(28-9-8-26-6-4-5-7-27(26)23-28)12-13-33(34)36(30)17-16-35(29,25-31)40-36/h4-9,14,23-24,31-33,37H,3,10-13,15-22,25H2,1-2H3/t31-,32?,33+,34+,35+,36?/m0/s1. The van der Waals surface area contributed by atoms with E-state index in [0.717, 1.165) is 39.0 Å². The second-order valence-corrected chi connectivity index (χ2v) is 13.4. The highest BCUT2D eigenvalue weighted by Gasteiger charge is 2.66. The normalized spacial score (nSPS) is 36.1. The first-order valence-corrected chi connectivity index (χ1v) is 16.1. The largest absolute Gasteiger partial charge is 0.379 e. The number of fused-ring (bicyclic) bond motifs is 2. The van der Waals surface area contributed by atoms with Crippen molar-refractivity contribution in [2.24, 2.45) is 11.3 Å². The lowest BCUT2D eigenvalue weighted by molar-refractivity contribution is -0.136. The van der Waals surface area contributed by atoms with E-state index in [1.165, 1.54) is 60.4 Å². The summed E-state index contributed by atoms with van der Waals surface area (Å²) in [6.07, 6.45) is 15.8. The van der Waals surface area contributed by atoms with Crippen LogP contribution in [0.3, 0.4) is 0 Å². The van der Waals surface area contributed by atoms with Crippen LogP contribution in [0, 0.1) is 11.3 Å². The summed E-state index contributed by atoms with van der Waals surface area (Å²) in [7, 11) is 0. The SMILES string of the molecule is CCCOCCOCCN[C@H]1CCC2=CC3=CC[C@]4(C)C(c5ccc6ccccc6c5)CC[C@H]4C34CC[C@]2(C1)O4. The molecule has 1 saturated heterocycles. The fraction of sp³-hybridized carbons (Fsp3) is 0.611. The van der Waals surface area contributed by atoms with Gasteiger partial charge in [-0.05, 0) is 103 Å². The highest BCUT2D eigenvalue weighted by Crippen LogP contribution is 2.69. The topological polar surface area (TPSA) is 39.7 Å². The molecule has 2 spiro atoms. The number of allylic oxidation sites excluding steroid dienone is 1. The third-order valence-electron chi connectivity index (χ3n) is 11.3. The van der Waals surface area contributed by atoms with Crippen LogP contribution in [-0.2, 0) is 14.2 Å². The van der Waals surface area contributed by atoms with E-state index >= 15 is 0 Å². The van der Waals surface area contributed by atoms with Crippen LogP contribution < -0.4 is 5.32 Å². The zero-order valence-electron chi connectivity index (χ0n) is 24.6. The first-order chi connectivity index (χ1) is 19.6. The van der Waals surface area contributed by atoms with Crippen molar-refractivity contribution in [1.82, 2.24) is 5.32 Å². The van der Waals surface area contributed by atoms with Crippen molar-refractivity contribution >= 4 is 10.8 Å². The summed E-state index contributed by atoms with van der Waals surface area (Å²) in [5, 5.41) is 6.53. The van der Waals surface area contributed by atoms with E-state index in [0.29, 0.717) is 31.1 Å². The van der Waals surface area contributed by atoms with Gasteiger partial charge in [0.1, 0.15) is 0 Å². The molecule has 0 aromatic heterocycles. The van der Waals surface area contributed by atoms with Gasteiger partial charge in [0.25, 0.3) is 0 Å². The van der Waals surface area contributed by atoms with Crippen LogP contribution in [-0.4, -0.2) is 50.2 Å². The Bertz CT molecular complexity index is 1300. The molecule has 3 aliphatic carbocycles. The van der Waals surface area contributed by atoms with Gasteiger partial charge in [0.15, 0.2) is 0 Å². The number of hydrogen-bond acceptors (Lipinski definition) is 4. The maximum absolute atomic E-state index is 7.50. The summed E-state index contributed by atoms with van der Waals surface area (Å²) in [4.78, 5) is 0. The molecule has 1 N–H and O–H groups in total. The zero-order chi connectivity index (χ0) is 27.2. The Hall–Kier alpha value is -1.98. The van der Waals surface area contributed by atoms with E-state index in [-0.39, 0.29) is 16.6 Å². The van der Waals surface area contributed by atoms with Crippen molar-refractivity contribution in [3.63, 3.8) is 0 Å². The van der Waals surface area contributed by atoms with Crippen molar-refractivity contribution in [2.75, 3.05) is 33.0 Å². The van der Waals surface area contributed by atoms with Crippen molar-refractivity contribution in [3.8, 4) is 0 Å². The zero-order valence-corrected chi connectivity index (χ0v) is 24.6. The summed E-state index contributed by atoms with van der Waals surface area (Å²) < 4.78 is 18.8. The molecule has 6 atom stereocenters. The molecule has 2 aliphatic heterocycles. The Morgan fingerprint density at radius 1 is 0.950 bits per heavy atom. The quantitative estimate of drug-likeness (QED) is 0.317. The van der Waals surface area contributed by atoms with Gasteiger partial charge in [-0.2, -0.15) is 0 Å². The summed E-state index contributed by atoms with van der Waals surface area (Å²) in [5.41, 5.74) is 4.70. The Morgan fingerprint density at radius 2 is 1.80 bits per heavy atom. The van der Waals surface area contributed by atoms with E-state index in [1.807, 2.05) is 0 Å². The van der Waals surface area contributed by atoms with Crippen LogP contribution in [0.4, 0.5) is 0 Å². The fourth-order valence-electron chi connectivity index (χ4n) is 9.36. The average molecular weight is 542 g/mol. The van der Waals surface area contributed by atoms with Crippen LogP contribution in [0.5, 0.6) is 0 Å². The number of benzene rings is 2. The lowest BCUT2D eigenvalue weighted by atomic mass is 9.58. The molecule has 4 heteroatoms. The van der Waals surface area contributed by atoms with Gasteiger partial charge in [0.05, 0.1) is 31.0 Å². The Morgan fingerprint density at radius 3 is 2.67 bits per heavy atom. The van der Waals surface area contributed by atoms with Gasteiger partial charge < -0.3 is 19.5 Å². The third-order valence-corrected chi connectivity index (χ3v) is 11.3. The molecular weight excluding hydrogens is 494 g/mol. The first-order valence-electron chi connectivity index (χ1n) is 16.1. The van der Waals surface area contributed by atoms with E-state index in [4.69, 9.17) is 14.2 Å². The van der Waals surface area contributed by atoms with Crippen LogP contribution in [0.2, 0.25) is 0 Å². The van der Waals surface area contributed by atoms with Gasteiger partial charge in [-0.1, -0.05) is 68.5 Å². The summed E-state index contributed by atoms with van der Waals surface area (Å²) >= 11 is 0. The second kappa shape index (κ2) is 10.7. The van der Waals surface area contributed by atoms with Gasteiger partial charge in [-0.15, -0.1) is 0 Å². The van der Waals surface area contributed by atoms with Gasteiger partial charge in [0, 0.05) is 19.2 Å². The summed E-state index contributed by atoms with van der Waals surface area (Å²) in [6.45, 7) is 8.57. The van der Waals surface area contributed by atoms with Crippen molar-refractivity contribution in [2.45, 2.75) is 94.8 Å². The predicted octanol–water partition coefficient (Wildman–Crippen LogP) is 7.48. The van der Waals surface area contributed by atoms with Gasteiger partial charge in [0.2, 0.25) is 0 Å². The van der Waals surface area contributed by atoms with E-state index in [1.54, 1.807) is 5.57 Å². The smallest absolute Gasteiger partial charge is 0.0974 e. The fourth-order valence-corrected chi connectivity index (χ4v) is 9.36. The average Bonchev–Trinajstić information content (AvgIpc) is 3.49. The summed E-state index contributed by atoms with van der Waals surface area (Å²) in [6, 6.07) is 16.5. The van der Waals surface area contributed by atoms with Gasteiger partial charge in [-0.25, -0.2) is 0 Å². The maximum atomic E-state index is 7.50. The van der Waals surface area contributed by atoms with Crippen LogP contribution in [0.15, 0.2) is 65.8 Å². The molecule has 2 heterocycles. The summed E-state index contributed by atoms with van der Waals surface area (Å²) in [5.74, 6) is 1.18. The molecule has 3 fully saturated rings. The van der Waals surface area contributed by atoms with E-state index < -0.39 is 0 Å². The molecule has 2 aromatic rings. The lowest BCUT2D eigenvalue weighted by Gasteiger charge is -2.54. The molecule has 2 unspecified atom stereocenters. The van der Waals surface area contributed by atoms with E-state index in [2.05, 4.69) is 73.8 Å². The molecule has 4 nitrogen and oxygen atoms in total. The van der Waals surface area contributed by atoms with Crippen LogP contribution >= 0.6 is 0 Å². The third kappa shape index (κ3) is 4.42. The minimum absolute atomic E-state index is 0.0681. The Balaban J connectivity index is 1.05. The molecule has 214 valence electrons. The molecule has 2 bridgehead atoms. The molecular formula is C36H47NO3. The molecule has 2 aromatic carbocycles. The molecule has 5 aliphatic rings. The van der Waals surface area contributed by atoms with Gasteiger partial charge >= 0.3 is 0 Å². The Labute approximate surface area is 240 Å². The molecule has 40 heavy (non-hydrogen) atoms. The van der Waals surface area contributed by atoms with Crippen molar-refractivity contribution < 1.29 is 14.2 Å². The van der Waals surface area contributed by atoms with Crippen LogP contribution in [0.25, 0.3) is 10.8 Å². The molecule has 7 rings (SSSR count). The second-order valence-electron chi connectivity index (χ2n) is 13.4. The van der Waals surface area contributed by atoms with E-state index in [9.17, 15) is 0 Å². The molecule has 2 saturated carbocycles. The minimum atomic E-state index is -0.0917. The van der Waals surface area contributed by atoms with Gasteiger partial charge in [-0.3, -0.25) is 0 Å². The van der Waals surface area contributed by atoms with Crippen LogP contribution in [0.1, 0.15) is 83.1 Å². The van der Waals surface area contributed by atoms with Crippen molar-refractivity contribution in [1.29, 1.82) is 0 Å². The molecule has 0 amide bonds. The number of nitrogens with one attached hydrogen (secondary N) is 1. The highest BCUT2D eigenvalue weighted by atomic mass is 16.5. The minimum Gasteiger partial charge on any atom is -0.379 e. The maximum Gasteiger partial charge on any atom is 0.0974 e. The highest BCUT2D eigenvalue weighted by molar-refractivity contribution is 5.83. The number of rotatable bonds is 10. The number of hydrogen-bond donors (Lipinski definition) is 1. The van der Waals surface area contributed by atoms with Crippen molar-refractivity contribution in [3.05, 3.63) is 71.3 Å². The number of ether oxygens (including phenoxy) is 3. The predicted molar refractivity (Wildman–Crippen MR) is 162 cm³/mol. The molecule has 0 radical (unpaired) electrons. The first kappa shape index (κ1) is 26.9. The Kier molecular flexibility index (Phi) is 7.19.